The summed E-state index contributed by atoms with van der Waals surface area (Å²) in [6, 6.07) is 9.94. The van der Waals surface area contributed by atoms with Crippen LogP contribution in [-0.2, 0) is 23.8 Å². The van der Waals surface area contributed by atoms with Gasteiger partial charge in [0.25, 0.3) is 0 Å². The second kappa shape index (κ2) is 13.6. The molecule has 1 saturated carbocycles. The molecule has 1 aromatic carbocycles. The van der Waals surface area contributed by atoms with Gasteiger partial charge in [-0.1, -0.05) is 0 Å². The van der Waals surface area contributed by atoms with Crippen molar-refractivity contribution in [1.82, 2.24) is 0 Å². The standard InChI is InChI=1S/C26H38O6Se/c1-18(28)31-23-16-24(32-25-14-8-9-15-30-25)22(17-27)21(23)13-7-3-6-12-20(26(29)33)19-10-4-2-5-11-19/h2,4-5,10-11,20-25,27H,3,6-9,12-17H2,1H3,(H,29,33)/t20?,21-,22+,23+,24-,25?/m1/s1. The quantitative estimate of drug-likeness (QED) is 0.255. The van der Waals surface area contributed by atoms with Crippen LogP contribution >= 0.6 is 0 Å². The zero-order chi connectivity index (χ0) is 23.6. The molecule has 2 aliphatic rings. The molecule has 1 saturated heterocycles. The van der Waals surface area contributed by atoms with Gasteiger partial charge < -0.3 is 4.74 Å². The summed E-state index contributed by atoms with van der Waals surface area (Å²) in [4.78, 5) is 23.8. The second-order valence-electron chi connectivity index (χ2n) is 9.30. The van der Waals surface area contributed by atoms with E-state index >= 15 is 0 Å². The Hall–Kier alpha value is -1.24. The third kappa shape index (κ3) is 7.90. The first-order valence-electron chi connectivity index (χ1n) is 12.3. The number of carbonyl (C=O) groups excluding carboxylic acids is 2. The van der Waals surface area contributed by atoms with Gasteiger partial charge in [-0.05, 0) is 19.3 Å². The number of carbonyl (C=O) groups is 2. The molecule has 0 amide bonds. The van der Waals surface area contributed by atoms with Crippen LogP contribution in [0.3, 0.4) is 0 Å². The van der Waals surface area contributed by atoms with Crippen LogP contribution in [0.4, 0.5) is 0 Å². The molecule has 33 heavy (non-hydrogen) atoms. The van der Waals surface area contributed by atoms with Crippen molar-refractivity contribution in [2.24, 2.45) is 11.8 Å². The predicted molar refractivity (Wildman–Crippen MR) is 127 cm³/mol. The summed E-state index contributed by atoms with van der Waals surface area (Å²) >= 11 is 2.16. The van der Waals surface area contributed by atoms with Crippen LogP contribution in [-0.4, -0.2) is 63.5 Å². The molecule has 2 unspecified atom stereocenters. The van der Waals surface area contributed by atoms with E-state index in [4.69, 9.17) is 14.2 Å². The number of hydrogen-bond donors (Lipinski definition) is 1. The minimum atomic E-state index is -0.290. The molecule has 1 aromatic rings. The van der Waals surface area contributed by atoms with E-state index in [-0.39, 0.29) is 53.5 Å². The molecule has 1 heterocycles. The molecule has 1 aliphatic heterocycles. The molecule has 184 valence electrons. The fourth-order valence-corrected chi connectivity index (χ4v) is 5.91. The topological polar surface area (TPSA) is 82.1 Å². The predicted octanol–water partition coefficient (Wildman–Crippen LogP) is 3.62. The number of esters is 1. The Morgan fingerprint density at radius 2 is 1.91 bits per heavy atom. The van der Waals surface area contributed by atoms with Crippen molar-refractivity contribution in [3.05, 3.63) is 35.9 Å². The van der Waals surface area contributed by atoms with Gasteiger partial charge in [-0.2, -0.15) is 0 Å². The molecular formula is C26H38O6Se. The van der Waals surface area contributed by atoms with E-state index in [0.717, 1.165) is 56.9 Å². The van der Waals surface area contributed by atoms with Gasteiger partial charge in [0.15, 0.2) is 0 Å². The number of ether oxygens (including phenoxy) is 3. The molecular weight excluding hydrogens is 487 g/mol. The van der Waals surface area contributed by atoms with Crippen molar-refractivity contribution in [2.45, 2.75) is 89.1 Å². The maximum atomic E-state index is 12.1. The van der Waals surface area contributed by atoms with Gasteiger partial charge in [0.2, 0.25) is 0 Å². The normalized spacial score (nSPS) is 28.4. The van der Waals surface area contributed by atoms with Gasteiger partial charge in [0.05, 0.1) is 0 Å². The molecule has 3 rings (SSSR count). The molecule has 0 spiro atoms. The van der Waals surface area contributed by atoms with Crippen molar-refractivity contribution in [3.63, 3.8) is 0 Å². The van der Waals surface area contributed by atoms with Crippen LogP contribution in [0, 0.1) is 11.8 Å². The Kier molecular flexibility index (Phi) is 10.9. The molecule has 6 nitrogen and oxygen atoms in total. The van der Waals surface area contributed by atoms with Crippen molar-refractivity contribution in [2.75, 3.05) is 13.2 Å². The molecule has 0 bridgehead atoms. The molecule has 6 atom stereocenters. The summed E-state index contributed by atoms with van der Waals surface area (Å²) in [7, 11) is 0. The van der Waals surface area contributed by atoms with Gasteiger partial charge in [0, 0.05) is 6.61 Å². The molecule has 1 N–H and O–H groups in total. The number of aliphatic hydroxyl groups excluding tert-OH is 1. The Balaban J connectivity index is 1.51. The molecule has 1 aliphatic carbocycles. The van der Waals surface area contributed by atoms with Gasteiger partial charge >= 0.3 is 175 Å². The van der Waals surface area contributed by atoms with E-state index in [1.54, 1.807) is 0 Å². The van der Waals surface area contributed by atoms with Crippen molar-refractivity contribution in [3.8, 4) is 0 Å². The molecule has 0 aromatic heterocycles. The van der Waals surface area contributed by atoms with E-state index in [1.807, 2.05) is 30.3 Å². The summed E-state index contributed by atoms with van der Waals surface area (Å²) < 4.78 is 17.7. The zero-order valence-electron chi connectivity index (χ0n) is 19.6. The van der Waals surface area contributed by atoms with Gasteiger partial charge in [-0.15, -0.1) is 0 Å². The number of benzene rings is 1. The Morgan fingerprint density at radius 1 is 1.12 bits per heavy atom. The van der Waals surface area contributed by atoms with E-state index in [1.165, 1.54) is 6.92 Å². The number of hydrogen-bond acceptors (Lipinski definition) is 6. The zero-order valence-corrected chi connectivity index (χ0v) is 21.4. The fraction of sp³-hybridized carbons (Fsp3) is 0.692. The average molecular weight is 526 g/mol. The fourth-order valence-electron chi connectivity index (χ4n) is 5.32. The summed E-state index contributed by atoms with van der Waals surface area (Å²) in [5, 5.41) is 10.2. The first-order valence-corrected chi connectivity index (χ1v) is 13.3. The first-order chi connectivity index (χ1) is 16.0. The Morgan fingerprint density at radius 3 is 2.55 bits per heavy atom. The summed E-state index contributed by atoms with van der Waals surface area (Å²) in [6.45, 7) is 2.16. The summed E-state index contributed by atoms with van der Waals surface area (Å²) in [5.41, 5.74) is 1.07. The van der Waals surface area contributed by atoms with Crippen LogP contribution in [0.15, 0.2) is 30.3 Å². The Bertz CT molecular complexity index is 736. The van der Waals surface area contributed by atoms with Gasteiger partial charge in [0.1, 0.15) is 0 Å². The van der Waals surface area contributed by atoms with E-state index in [9.17, 15) is 14.7 Å². The summed E-state index contributed by atoms with van der Waals surface area (Å²) in [6.07, 6.45) is 7.57. The maximum absolute atomic E-state index is 12.1. The van der Waals surface area contributed by atoms with Crippen molar-refractivity contribution in [1.29, 1.82) is 0 Å². The van der Waals surface area contributed by atoms with Crippen molar-refractivity contribution < 1.29 is 28.9 Å². The molecule has 0 radical (unpaired) electrons. The molecule has 2 fully saturated rings. The van der Waals surface area contributed by atoms with Crippen LogP contribution < -0.4 is 0 Å². The van der Waals surface area contributed by atoms with Crippen LogP contribution in [0.2, 0.25) is 0 Å². The van der Waals surface area contributed by atoms with Gasteiger partial charge in [-0.25, -0.2) is 0 Å². The minimum absolute atomic E-state index is 0.0121. The number of rotatable bonds is 12. The van der Waals surface area contributed by atoms with Crippen LogP contribution in [0.1, 0.15) is 76.2 Å². The van der Waals surface area contributed by atoms with Crippen LogP contribution in [0.5, 0.6) is 0 Å². The van der Waals surface area contributed by atoms with E-state index < -0.39 is 0 Å². The third-order valence-electron chi connectivity index (χ3n) is 6.99. The average Bonchev–Trinajstić information content (AvgIpc) is 3.12. The Labute approximate surface area is 205 Å². The SMILES string of the molecule is CC(=O)O[C@H]1C[C@@H](OC2CCCCO2)[C@@H](CO)[C@H]1CCCCCC(C(=O)[SeH])c1ccccc1. The first kappa shape index (κ1) is 26.4. The van der Waals surface area contributed by atoms with Crippen LogP contribution in [0.25, 0.3) is 0 Å². The van der Waals surface area contributed by atoms with Crippen molar-refractivity contribution >= 4 is 26.7 Å². The van der Waals surface area contributed by atoms with E-state index in [2.05, 4.69) is 16.0 Å². The monoisotopic (exact) mass is 526 g/mol. The number of unbranched alkanes of at least 4 members (excludes halogenated alkanes) is 2. The second-order valence-corrected chi connectivity index (χ2v) is 10.2. The summed E-state index contributed by atoms with van der Waals surface area (Å²) in [5.74, 6) is -0.361. The third-order valence-corrected chi connectivity index (χ3v) is 7.65. The molecule has 7 heteroatoms. The van der Waals surface area contributed by atoms with E-state index in [0.29, 0.717) is 13.0 Å². The van der Waals surface area contributed by atoms with Gasteiger partial charge in [-0.3, -0.25) is 0 Å². The number of aliphatic hydroxyl groups is 1.